The van der Waals surface area contributed by atoms with Gasteiger partial charge in [-0.3, -0.25) is 0 Å². The van der Waals surface area contributed by atoms with Crippen LogP contribution in [0.5, 0.6) is 0 Å². The number of nitrogens with one attached hydrogen (secondary N) is 1. The van der Waals surface area contributed by atoms with Crippen molar-refractivity contribution < 1.29 is 8.78 Å². The molecule has 3 heteroatoms. The lowest BCUT2D eigenvalue weighted by Gasteiger charge is -2.16. The van der Waals surface area contributed by atoms with Crippen molar-refractivity contribution in [1.29, 1.82) is 0 Å². The van der Waals surface area contributed by atoms with Crippen LogP contribution >= 0.6 is 0 Å². The van der Waals surface area contributed by atoms with Gasteiger partial charge >= 0.3 is 0 Å². The molecule has 16 heavy (non-hydrogen) atoms. The maximum atomic E-state index is 13.1. The van der Waals surface area contributed by atoms with E-state index < -0.39 is 11.6 Å². The van der Waals surface area contributed by atoms with Gasteiger partial charge in [0.1, 0.15) is 0 Å². The summed E-state index contributed by atoms with van der Waals surface area (Å²) in [6, 6.07) is 4.36. The van der Waals surface area contributed by atoms with Gasteiger partial charge in [-0.25, -0.2) is 8.78 Å². The SMILES string of the molecule is C[C@H]1CCN[C@@H](c2ccc(F)c(F)c2)CC1. The Morgan fingerprint density at radius 3 is 2.69 bits per heavy atom. The van der Waals surface area contributed by atoms with Crippen LogP contribution in [0, 0.1) is 17.6 Å². The summed E-state index contributed by atoms with van der Waals surface area (Å²) in [6.07, 6.45) is 3.28. The van der Waals surface area contributed by atoms with Crippen molar-refractivity contribution in [2.75, 3.05) is 6.54 Å². The summed E-state index contributed by atoms with van der Waals surface area (Å²) < 4.78 is 25.9. The Morgan fingerprint density at radius 2 is 1.94 bits per heavy atom. The highest BCUT2D eigenvalue weighted by atomic mass is 19.2. The Hall–Kier alpha value is -0.960. The molecular weight excluding hydrogens is 208 g/mol. The first-order valence-corrected chi connectivity index (χ1v) is 5.85. The van der Waals surface area contributed by atoms with Gasteiger partial charge in [0.2, 0.25) is 0 Å². The summed E-state index contributed by atoms with van der Waals surface area (Å²) in [7, 11) is 0. The van der Waals surface area contributed by atoms with Crippen molar-refractivity contribution in [3.05, 3.63) is 35.4 Å². The van der Waals surface area contributed by atoms with Crippen LogP contribution in [0.15, 0.2) is 18.2 Å². The Labute approximate surface area is 94.9 Å². The van der Waals surface area contributed by atoms with Crippen LogP contribution in [0.2, 0.25) is 0 Å². The average molecular weight is 225 g/mol. The van der Waals surface area contributed by atoms with Gasteiger partial charge in [-0.1, -0.05) is 13.0 Å². The zero-order valence-electron chi connectivity index (χ0n) is 9.47. The van der Waals surface area contributed by atoms with E-state index in [4.69, 9.17) is 0 Å². The minimum Gasteiger partial charge on any atom is -0.310 e. The van der Waals surface area contributed by atoms with Crippen LogP contribution in [-0.2, 0) is 0 Å². The van der Waals surface area contributed by atoms with Crippen LogP contribution in [0.1, 0.15) is 37.8 Å². The van der Waals surface area contributed by atoms with Gasteiger partial charge < -0.3 is 5.32 Å². The molecule has 1 aliphatic rings. The van der Waals surface area contributed by atoms with Crippen molar-refractivity contribution in [2.45, 2.75) is 32.2 Å². The van der Waals surface area contributed by atoms with Crippen LogP contribution in [0.3, 0.4) is 0 Å². The number of hydrogen-bond acceptors (Lipinski definition) is 1. The summed E-state index contributed by atoms with van der Waals surface area (Å²) in [5.74, 6) is -0.815. The molecule has 2 atom stereocenters. The normalized spacial score (nSPS) is 26.4. The molecule has 88 valence electrons. The van der Waals surface area contributed by atoms with Crippen LogP contribution in [0.25, 0.3) is 0 Å². The fourth-order valence-electron chi connectivity index (χ4n) is 2.22. The Balaban J connectivity index is 2.13. The van der Waals surface area contributed by atoms with E-state index in [2.05, 4.69) is 12.2 Å². The molecule has 1 fully saturated rings. The quantitative estimate of drug-likeness (QED) is 0.772. The minimum atomic E-state index is -0.772. The zero-order valence-corrected chi connectivity index (χ0v) is 9.47. The number of benzene rings is 1. The first kappa shape index (κ1) is 11.5. The van der Waals surface area contributed by atoms with Gasteiger partial charge in [0, 0.05) is 6.04 Å². The van der Waals surface area contributed by atoms with Gasteiger partial charge in [-0.05, 0) is 49.4 Å². The van der Waals surface area contributed by atoms with Crippen LogP contribution in [0.4, 0.5) is 8.78 Å². The van der Waals surface area contributed by atoms with E-state index in [1.165, 1.54) is 12.1 Å². The van der Waals surface area contributed by atoms with E-state index in [-0.39, 0.29) is 6.04 Å². The smallest absolute Gasteiger partial charge is 0.159 e. The summed E-state index contributed by atoms with van der Waals surface area (Å²) in [6.45, 7) is 3.18. The molecule has 1 aliphatic heterocycles. The van der Waals surface area contributed by atoms with Crippen molar-refractivity contribution in [1.82, 2.24) is 5.32 Å². The molecule has 0 aromatic heterocycles. The number of hydrogen-bond donors (Lipinski definition) is 1. The summed E-state index contributed by atoms with van der Waals surface area (Å²) in [4.78, 5) is 0. The monoisotopic (exact) mass is 225 g/mol. The molecule has 0 radical (unpaired) electrons. The Kier molecular flexibility index (Phi) is 3.54. The second-order valence-corrected chi connectivity index (χ2v) is 4.65. The third-order valence-corrected chi connectivity index (χ3v) is 3.32. The largest absolute Gasteiger partial charge is 0.310 e. The molecule has 1 nitrogen and oxygen atoms in total. The van der Waals surface area contributed by atoms with Gasteiger partial charge in [-0.15, -0.1) is 0 Å². The molecule has 0 saturated carbocycles. The lowest BCUT2D eigenvalue weighted by Crippen LogP contribution is -2.20. The maximum absolute atomic E-state index is 13.1. The summed E-state index contributed by atoms with van der Waals surface area (Å²) in [5.41, 5.74) is 0.855. The number of halogens is 2. The van der Waals surface area contributed by atoms with E-state index in [9.17, 15) is 8.78 Å². The molecule has 0 bridgehead atoms. The van der Waals surface area contributed by atoms with Gasteiger partial charge in [-0.2, -0.15) is 0 Å². The van der Waals surface area contributed by atoms with Gasteiger partial charge in [0.05, 0.1) is 0 Å². The standard InChI is InChI=1S/C13H17F2N/c1-9-2-5-13(16-7-6-9)10-3-4-11(14)12(15)8-10/h3-4,8-9,13,16H,2,5-7H2,1H3/t9-,13-/m1/s1. The van der Waals surface area contributed by atoms with E-state index in [1.54, 1.807) is 6.07 Å². The second-order valence-electron chi connectivity index (χ2n) is 4.65. The van der Waals surface area contributed by atoms with Crippen molar-refractivity contribution in [2.24, 2.45) is 5.92 Å². The van der Waals surface area contributed by atoms with E-state index in [1.807, 2.05) is 0 Å². The Morgan fingerprint density at radius 1 is 1.12 bits per heavy atom. The van der Waals surface area contributed by atoms with E-state index in [0.717, 1.165) is 31.4 Å². The molecular formula is C13H17F2N. The van der Waals surface area contributed by atoms with Crippen LogP contribution in [-0.4, -0.2) is 6.54 Å². The van der Waals surface area contributed by atoms with Gasteiger partial charge in [0.25, 0.3) is 0 Å². The topological polar surface area (TPSA) is 12.0 Å². The second kappa shape index (κ2) is 4.91. The highest BCUT2D eigenvalue weighted by Gasteiger charge is 2.18. The summed E-state index contributed by atoms with van der Waals surface area (Å²) >= 11 is 0. The fourth-order valence-corrected chi connectivity index (χ4v) is 2.22. The molecule has 0 unspecified atom stereocenters. The molecule has 1 N–H and O–H groups in total. The van der Waals surface area contributed by atoms with Crippen molar-refractivity contribution >= 4 is 0 Å². The zero-order chi connectivity index (χ0) is 11.5. The third-order valence-electron chi connectivity index (χ3n) is 3.32. The molecule has 1 saturated heterocycles. The first-order chi connectivity index (χ1) is 7.66. The third kappa shape index (κ3) is 2.59. The van der Waals surface area contributed by atoms with E-state index >= 15 is 0 Å². The lowest BCUT2D eigenvalue weighted by molar-refractivity contribution is 0.487. The molecule has 0 amide bonds. The number of rotatable bonds is 1. The predicted molar refractivity (Wildman–Crippen MR) is 60.1 cm³/mol. The predicted octanol–water partition coefficient (Wildman–Crippen LogP) is 3.42. The molecule has 1 aromatic rings. The highest BCUT2D eigenvalue weighted by molar-refractivity contribution is 5.21. The van der Waals surface area contributed by atoms with E-state index in [0.29, 0.717) is 5.92 Å². The molecule has 0 aliphatic carbocycles. The maximum Gasteiger partial charge on any atom is 0.159 e. The molecule has 0 spiro atoms. The highest BCUT2D eigenvalue weighted by Crippen LogP contribution is 2.26. The molecule has 1 heterocycles. The summed E-state index contributed by atoms with van der Waals surface area (Å²) in [5, 5.41) is 3.39. The van der Waals surface area contributed by atoms with Crippen LogP contribution < -0.4 is 5.32 Å². The molecule has 1 aromatic carbocycles. The first-order valence-electron chi connectivity index (χ1n) is 5.85. The van der Waals surface area contributed by atoms with Crippen molar-refractivity contribution in [3.63, 3.8) is 0 Å². The van der Waals surface area contributed by atoms with Gasteiger partial charge in [0.15, 0.2) is 11.6 Å². The average Bonchev–Trinajstić information content (AvgIpc) is 2.47. The lowest BCUT2D eigenvalue weighted by atomic mass is 9.98. The Bertz CT molecular complexity index is 365. The molecule has 2 rings (SSSR count). The van der Waals surface area contributed by atoms with Crippen molar-refractivity contribution in [3.8, 4) is 0 Å². The fraction of sp³-hybridized carbons (Fsp3) is 0.538. The minimum absolute atomic E-state index is 0.167.